The highest BCUT2D eigenvalue weighted by molar-refractivity contribution is 5.73. The van der Waals surface area contributed by atoms with Gasteiger partial charge in [-0.15, -0.1) is 0 Å². The lowest BCUT2D eigenvalue weighted by Gasteiger charge is -2.37. The van der Waals surface area contributed by atoms with Gasteiger partial charge in [-0.25, -0.2) is 0 Å². The average molecular weight is 465 g/mol. The molecule has 0 aliphatic heterocycles. The van der Waals surface area contributed by atoms with Gasteiger partial charge in [0.05, 0.1) is 5.56 Å². The van der Waals surface area contributed by atoms with E-state index in [4.69, 9.17) is 0 Å². The number of hydrogen-bond acceptors (Lipinski definition) is 0. The Labute approximate surface area is 202 Å². The first kappa shape index (κ1) is 24.6. The zero-order valence-corrected chi connectivity index (χ0v) is 20.2. The fourth-order valence-electron chi connectivity index (χ4n) is 6.03. The number of rotatable bonds is 7. The van der Waals surface area contributed by atoms with Crippen molar-refractivity contribution in [1.82, 2.24) is 0 Å². The average Bonchev–Trinajstić information content (AvgIpc) is 2.86. The molecule has 34 heavy (non-hydrogen) atoms. The maximum Gasteiger partial charge on any atom is 0.417 e. The molecule has 0 amide bonds. The van der Waals surface area contributed by atoms with Crippen LogP contribution in [0, 0.1) is 11.8 Å². The van der Waals surface area contributed by atoms with E-state index in [0.29, 0.717) is 17.4 Å². The topological polar surface area (TPSA) is 0 Å². The van der Waals surface area contributed by atoms with Crippen molar-refractivity contribution >= 4 is 0 Å². The fourth-order valence-corrected chi connectivity index (χ4v) is 6.03. The summed E-state index contributed by atoms with van der Waals surface area (Å²) in [5, 5.41) is 0. The largest absolute Gasteiger partial charge is 0.417 e. The van der Waals surface area contributed by atoms with E-state index in [1.165, 1.54) is 31.7 Å². The minimum Gasteiger partial charge on any atom is -0.166 e. The lowest BCUT2D eigenvalue weighted by molar-refractivity contribution is -0.137. The monoisotopic (exact) mass is 464 g/mol. The van der Waals surface area contributed by atoms with E-state index in [1.807, 2.05) is 60.7 Å². The van der Waals surface area contributed by atoms with Crippen LogP contribution in [-0.2, 0) is 6.18 Å². The molecule has 4 rings (SSSR count). The Kier molecular flexibility index (Phi) is 7.80. The van der Waals surface area contributed by atoms with Crippen molar-refractivity contribution in [3.63, 3.8) is 0 Å². The Balaban J connectivity index is 1.69. The fraction of sp³-hybridized carbons (Fsp3) is 0.419. The molecule has 1 aliphatic carbocycles. The van der Waals surface area contributed by atoms with E-state index < -0.39 is 11.7 Å². The Morgan fingerprint density at radius 2 is 1.44 bits per heavy atom. The van der Waals surface area contributed by atoms with Crippen LogP contribution in [0.4, 0.5) is 13.2 Å². The molecule has 3 heteroatoms. The molecule has 0 nitrogen and oxygen atoms in total. The van der Waals surface area contributed by atoms with E-state index in [-0.39, 0.29) is 11.5 Å². The number of hydrogen-bond donors (Lipinski definition) is 0. The summed E-state index contributed by atoms with van der Waals surface area (Å²) in [6.07, 6.45) is 3.61. The first-order chi connectivity index (χ1) is 16.4. The van der Waals surface area contributed by atoms with Crippen LogP contribution < -0.4 is 0 Å². The molecule has 0 bridgehead atoms. The van der Waals surface area contributed by atoms with E-state index in [0.717, 1.165) is 36.0 Å². The van der Waals surface area contributed by atoms with Crippen LogP contribution in [0.3, 0.4) is 0 Å². The second kappa shape index (κ2) is 10.8. The maximum absolute atomic E-state index is 14.3. The van der Waals surface area contributed by atoms with Crippen molar-refractivity contribution in [3.8, 4) is 22.3 Å². The van der Waals surface area contributed by atoms with Gasteiger partial charge in [0.25, 0.3) is 0 Å². The summed E-state index contributed by atoms with van der Waals surface area (Å²) < 4.78 is 42.8. The smallest absolute Gasteiger partial charge is 0.166 e. The molecule has 0 spiro atoms. The summed E-state index contributed by atoms with van der Waals surface area (Å²) in [6, 6.07) is 22.4. The minimum absolute atomic E-state index is 0.187. The van der Waals surface area contributed by atoms with E-state index in [2.05, 4.69) is 13.8 Å². The molecule has 0 radical (unpaired) electrons. The van der Waals surface area contributed by atoms with Crippen LogP contribution >= 0.6 is 0 Å². The molecular formula is C31H35F3. The highest BCUT2D eigenvalue weighted by Gasteiger charge is 2.36. The zero-order chi connectivity index (χ0) is 24.1. The van der Waals surface area contributed by atoms with Crippen molar-refractivity contribution < 1.29 is 13.2 Å². The molecular weight excluding hydrogens is 429 g/mol. The van der Waals surface area contributed by atoms with E-state index in [9.17, 15) is 13.2 Å². The zero-order valence-electron chi connectivity index (χ0n) is 20.2. The lowest BCUT2D eigenvalue weighted by atomic mass is 9.68. The molecule has 1 aliphatic rings. The third kappa shape index (κ3) is 5.40. The first-order valence-electron chi connectivity index (χ1n) is 12.8. The quantitative estimate of drug-likeness (QED) is 0.326. The van der Waals surface area contributed by atoms with Gasteiger partial charge in [0, 0.05) is 0 Å². The van der Waals surface area contributed by atoms with E-state index >= 15 is 0 Å². The summed E-state index contributed by atoms with van der Waals surface area (Å²) in [5.41, 5.74) is 3.26. The van der Waals surface area contributed by atoms with Gasteiger partial charge >= 0.3 is 6.18 Å². The van der Waals surface area contributed by atoms with Crippen LogP contribution in [0.25, 0.3) is 22.3 Å². The van der Waals surface area contributed by atoms with Crippen LogP contribution in [0.5, 0.6) is 0 Å². The maximum atomic E-state index is 14.3. The second-order valence-electron chi connectivity index (χ2n) is 9.76. The standard InChI is InChI=1S/C31H35F3/c1-3-10-24-13-8-9-14-28(24)27(4-2)26-19-20-29(30(21-26)31(32,33)34)25-17-15-23(16-18-25)22-11-6-5-7-12-22/h5-7,11-12,15-21,24,27-28H,3-4,8-10,13-14H2,1-2H3. The van der Waals surface area contributed by atoms with Crippen molar-refractivity contribution in [2.45, 2.75) is 70.9 Å². The molecule has 3 aromatic carbocycles. The third-order valence-corrected chi connectivity index (χ3v) is 7.66. The molecule has 0 heterocycles. The summed E-state index contributed by atoms with van der Waals surface area (Å²) in [7, 11) is 0. The summed E-state index contributed by atoms with van der Waals surface area (Å²) in [5.74, 6) is 1.30. The Hall–Kier alpha value is -2.55. The first-order valence-corrected chi connectivity index (χ1v) is 12.8. The molecule has 180 valence electrons. The van der Waals surface area contributed by atoms with Gasteiger partial charge in [0.15, 0.2) is 0 Å². The van der Waals surface area contributed by atoms with Gasteiger partial charge in [0.2, 0.25) is 0 Å². The van der Waals surface area contributed by atoms with Gasteiger partial charge in [-0.05, 0) is 64.5 Å². The molecule has 1 fully saturated rings. The van der Waals surface area contributed by atoms with Gasteiger partial charge in [-0.1, -0.05) is 113 Å². The highest BCUT2D eigenvalue weighted by Crippen LogP contribution is 2.46. The summed E-state index contributed by atoms with van der Waals surface area (Å²) >= 11 is 0. The molecule has 0 saturated heterocycles. The van der Waals surface area contributed by atoms with Crippen LogP contribution in [0.15, 0.2) is 72.8 Å². The summed E-state index contributed by atoms with van der Waals surface area (Å²) in [6.45, 7) is 4.35. The van der Waals surface area contributed by atoms with Crippen LogP contribution in [-0.4, -0.2) is 0 Å². The molecule has 1 saturated carbocycles. The number of alkyl halides is 3. The van der Waals surface area contributed by atoms with E-state index in [1.54, 1.807) is 6.07 Å². The number of halogens is 3. The Morgan fingerprint density at radius 3 is 2.09 bits per heavy atom. The highest BCUT2D eigenvalue weighted by atomic mass is 19.4. The third-order valence-electron chi connectivity index (χ3n) is 7.66. The Morgan fingerprint density at radius 1 is 0.794 bits per heavy atom. The Bertz CT molecular complexity index is 1050. The molecule has 3 aromatic rings. The van der Waals surface area contributed by atoms with Crippen LogP contribution in [0.1, 0.15) is 75.8 Å². The molecule has 0 N–H and O–H groups in total. The predicted octanol–water partition coefficient (Wildman–Crippen LogP) is 10.1. The lowest BCUT2D eigenvalue weighted by Crippen LogP contribution is -2.26. The molecule has 3 atom stereocenters. The van der Waals surface area contributed by atoms with Gasteiger partial charge in [-0.3, -0.25) is 0 Å². The molecule has 0 aromatic heterocycles. The van der Waals surface area contributed by atoms with Gasteiger partial charge < -0.3 is 0 Å². The summed E-state index contributed by atoms with van der Waals surface area (Å²) in [4.78, 5) is 0. The normalized spacial score (nSPS) is 19.7. The predicted molar refractivity (Wildman–Crippen MR) is 136 cm³/mol. The number of benzene rings is 3. The van der Waals surface area contributed by atoms with Gasteiger partial charge in [-0.2, -0.15) is 13.2 Å². The van der Waals surface area contributed by atoms with Crippen molar-refractivity contribution in [3.05, 3.63) is 83.9 Å². The second-order valence-corrected chi connectivity index (χ2v) is 9.76. The van der Waals surface area contributed by atoms with Crippen molar-refractivity contribution in [2.24, 2.45) is 11.8 Å². The van der Waals surface area contributed by atoms with Crippen molar-refractivity contribution in [1.29, 1.82) is 0 Å². The van der Waals surface area contributed by atoms with Crippen LogP contribution in [0.2, 0.25) is 0 Å². The van der Waals surface area contributed by atoms with Gasteiger partial charge in [0.1, 0.15) is 0 Å². The minimum atomic E-state index is -4.39. The molecule has 3 unspecified atom stereocenters. The SMILES string of the molecule is CCCC1CCCCC1C(CC)c1ccc(-c2ccc(-c3ccccc3)cc2)c(C(F)(F)F)c1. The van der Waals surface area contributed by atoms with Crippen molar-refractivity contribution in [2.75, 3.05) is 0 Å².